The van der Waals surface area contributed by atoms with Crippen molar-refractivity contribution in [3.8, 4) is 11.5 Å². The van der Waals surface area contributed by atoms with E-state index in [9.17, 15) is 0 Å². The van der Waals surface area contributed by atoms with E-state index in [4.69, 9.17) is 16.0 Å². The number of oxazole rings is 1. The van der Waals surface area contributed by atoms with Crippen LogP contribution < -0.4 is 0 Å². The Morgan fingerprint density at radius 3 is 2.74 bits per heavy atom. The molecule has 0 N–H and O–H groups in total. The summed E-state index contributed by atoms with van der Waals surface area (Å²) in [6.45, 7) is 2.71. The Labute approximate surface area is 166 Å². The van der Waals surface area contributed by atoms with E-state index in [-0.39, 0.29) is 0 Å². The maximum Gasteiger partial charge on any atom is 0.226 e. The minimum atomic E-state index is 0.565. The fraction of sp³-hybridized carbons (Fsp3) is 0.150. The van der Waals surface area contributed by atoms with Gasteiger partial charge in [0.1, 0.15) is 12.1 Å². The van der Waals surface area contributed by atoms with Crippen LogP contribution in [0.25, 0.3) is 11.5 Å². The number of benzene rings is 2. The summed E-state index contributed by atoms with van der Waals surface area (Å²) in [5.41, 5.74) is 2.93. The predicted molar refractivity (Wildman–Crippen MR) is 107 cm³/mol. The van der Waals surface area contributed by atoms with Gasteiger partial charge in [-0.25, -0.2) is 4.98 Å². The Morgan fingerprint density at radius 1 is 1.07 bits per heavy atom. The van der Waals surface area contributed by atoms with E-state index < -0.39 is 0 Å². The molecule has 136 valence electrons. The van der Waals surface area contributed by atoms with Crippen molar-refractivity contribution in [1.29, 1.82) is 0 Å². The minimum absolute atomic E-state index is 0.565. The average molecular weight is 397 g/mol. The monoisotopic (exact) mass is 396 g/mol. The van der Waals surface area contributed by atoms with Crippen molar-refractivity contribution in [2.75, 3.05) is 0 Å². The number of hydrogen-bond donors (Lipinski definition) is 0. The van der Waals surface area contributed by atoms with E-state index in [2.05, 4.69) is 31.9 Å². The van der Waals surface area contributed by atoms with Gasteiger partial charge in [0.15, 0.2) is 5.16 Å². The first-order valence-electron chi connectivity index (χ1n) is 8.46. The number of nitrogens with zero attached hydrogens (tertiary/aromatic N) is 4. The summed E-state index contributed by atoms with van der Waals surface area (Å²) in [4.78, 5) is 4.55. The van der Waals surface area contributed by atoms with Gasteiger partial charge in [-0.3, -0.25) is 0 Å². The molecule has 2 aromatic carbocycles. The van der Waals surface area contributed by atoms with Crippen LogP contribution in [0.15, 0.2) is 70.4 Å². The molecule has 5 nitrogen and oxygen atoms in total. The Hall–Kier alpha value is -2.57. The van der Waals surface area contributed by atoms with E-state index in [1.807, 2.05) is 49.4 Å². The van der Waals surface area contributed by atoms with Crippen LogP contribution in [-0.2, 0) is 12.3 Å². The third kappa shape index (κ3) is 4.23. The van der Waals surface area contributed by atoms with Gasteiger partial charge in [-0.05, 0) is 30.7 Å². The maximum absolute atomic E-state index is 6.04. The van der Waals surface area contributed by atoms with Crippen molar-refractivity contribution in [3.05, 3.63) is 83.0 Å². The summed E-state index contributed by atoms with van der Waals surface area (Å²) >= 11 is 7.63. The average Bonchev–Trinajstić information content (AvgIpc) is 3.29. The highest BCUT2D eigenvalue weighted by molar-refractivity contribution is 7.98. The van der Waals surface area contributed by atoms with E-state index in [0.717, 1.165) is 28.8 Å². The summed E-state index contributed by atoms with van der Waals surface area (Å²) in [5.74, 6) is 2.10. The first-order chi connectivity index (χ1) is 13.2. The molecule has 0 aliphatic rings. The number of hydrogen-bond acceptors (Lipinski definition) is 5. The zero-order valence-electron chi connectivity index (χ0n) is 14.7. The molecule has 4 rings (SSSR count). The molecular formula is C20H17ClN4OS. The SMILES string of the molecule is Cc1nnc(SCc2coc(-c3cccc(Cl)c3)n2)n1Cc1ccccc1. The molecule has 0 bridgehead atoms. The van der Waals surface area contributed by atoms with Gasteiger partial charge in [-0.1, -0.05) is 59.8 Å². The molecule has 0 saturated heterocycles. The summed E-state index contributed by atoms with van der Waals surface area (Å²) in [5, 5.41) is 10.0. The Kier molecular flexibility index (Phi) is 5.27. The van der Waals surface area contributed by atoms with Crippen LogP contribution in [0.3, 0.4) is 0 Å². The molecule has 0 amide bonds. The molecule has 27 heavy (non-hydrogen) atoms. The van der Waals surface area contributed by atoms with Crippen molar-refractivity contribution >= 4 is 23.4 Å². The van der Waals surface area contributed by atoms with Crippen molar-refractivity contribution in [3.63, 3.8) is 0 Å². The first kappa shape index (κ1) is 17.8. The van der Waals surface area contributed by atoms with Crippen LogP contribution >= 0.6 is 23.4 Å². The van der Waals surface area contributed by atoms with Gasteiger partial charge in [-0.15, -0.1) is 10.2 Å². The third-order valence-electron chi connectivity index (χ3n) is 4.06. The van der Waals surface area contributed by atoms with Crippen LogP contribution in [-0.4, -0.2) is 19.7 Å². The molecule has 2 heterocycles. The fourth-order valence-electron chi connectivity index (χ4n) is 2.68. The van der Waals surface area contributed by atoms with Crippen LogP contribution in [0.4, 0.5) is 0 Å². The third-order valence-corrected chi connectivity index (χ3v) is 5.29. The molecule has 2 aromatic heterocycles. The van der Waals surface area contributed by atoms with Gasteiger partial charge < -0.3 is 8.98 Å². The fourth-order valence-corrected chi connectivity index (χ4v) is 3.73. The number of thioether (sulfide) groups is 1. The van der Waals surface area contributed by atoms with Gasteiger partial charge in [0.05, 0.1) is 12.2 Å². The summed E-state index contributed by atoms with van der Waals surface area (Å²) in [6, 6.07) is 17.8. The molecule has 0 unspecified atom stereocenters. The van der Waals surface area contributed by atoms with Crippen LogP contribution in [0, 0.1) is 6.92 Å². The lowest BCUT2D eigenvalue weighted by molar-refractivity contribution is 0.573. The molecular weight excluding hydrogens is 380 g/mol. The lowest BCUT2D eigenvalue weighted by Gasteiger charge is -2.07. The number of aromatic nitrogens is 4. The molecule has 0 aliphatic heterocycles. The minimum Gasteiger partial charge on any atom is -0.444 e. The van der Waals surface area contributed by atoms with Crippen molar-refractivity contribution in [2.24, 2.45) is 0 Å². The van der Waals surface area contributed by atoms with Crippen LogP contribution in [0.2, 0.25) is 5.02 Å². The van der Waals surface area contributed by atoms with Crippen LogP contribution in [0.1, 0.15) is 17.1 Å². The van der Waals surface area contributed by atoms with Gasteiger partial charge in [-0.2, -0.15) is 0 Å². The van der Waals surface area contributed by atoms with Gasteiger partial charge in [0.2, 0.25) is 5.89 Å². The normalized spacial score (nSPS) is 11.0. The lowest BCUT2D eigenvalue weighted by Crippen LogP contribution is -2.03. The second kappa shape index (κ2) is 7.98. The quantitative estimate of drug-likeness (QED) is 0.417. The number of rotatable bonds is 6. The number of halogens is 1. The Morgan fingerprint density at radius 2 is 1.93 bits per heavy atom. The second-order valence-corrected chi connectivity index (χ2v) is 7.42. The molecule has 0 saturated carbocycles. The van der Waals surface area contributed by atoms with E-state index in [1.165, 1.54) is 5.56 Å². The predicted octanol–water partition coefficient (Wildman–Crippen LogP) is 5.24. The van der Waals surface area contributed by atoms with Crippen LogP contribution in [0.5, 0.6) is 0 Å². The summed E-state index contributed by atoms with van der Waals surface area (Å²) < 4.78 is 7.71. The Bertz CT molecular complexity index is 1050. The van der Waals surface area contributed by atoms with E-state index >= 15 is 0 Å². The first-order valence-corrected chi connectivity index (χ1v) is 9.82. The van der Waals surface area contributed by atoms with Crippen molar-refractivity contribution < 1.29 is 4.42 Å². The topological polar surface area (TPSA) is 56.7 Å². The Balaban J connectivity index is 1.47. The highest BCUT2D eigenvalue weighted by Crippen LogP contribution is 2.26. The second-order valence-electron chi connectivity index (χ2n) is 6.04. The zero-order valence-corrected chi connectivity index (χ0v) is 16.2. The van der Waals surface area contributed by atoms with E-state index in [0.29, 0.717) is 16.7 Å². The lowest BCUT2D eigenvalue weighted by atomic mass is 10.2. The summed E-state index contributed by atoms with van der Waals surface area (Å²) in [6.07, 6.45) is 1.67. The molecule has 4 aromatic rings. The van der Waals surface area contributed by atoms with Gasteiger partial charge >= 0.3 is 0 Å². The highest BCUT2D eigenvalue weighted by atomic mass is 35.5. The highest BCUT2D eigenvalue weighted by Gasteiger charge is 2.12. The molecule has 0 atom stereocenters. The largest absolute Gasteiger partial charge is 0.444 e. The van der Waals surface area contributed by atoms with E-state index in [1.54, 1.807) is 18.0 Å². The maximum atomic E-state index is 6.04. The van der Waals surface area contributed by atoms with Gasteiger partial charge in [0, 0.05) is 16.3 Å². The number of aryl methyl sites for hydroxylation is 1. The smallest absolute Gasteiger partial charge is 0.226 e. The molecule has 0 fully saturated rings. The molecule has 0 spiro atoms. The standard InChI is InChI=1S/C20H17ClN4OS/c1-14-23-24-20(25(14)11-15-6-3-2-4-7-15)27-13-18-12-26-19(22-18)16-8-5-9-17(21)10-16/h2-10,12H,11,13H2,1H3. The summed E-state index contributed by atoms with van der Waals surface area (Å²) in [7, 11) is 0. The zero-order chi connectivity index (χ0) is 18.6. The van der Waals surface area contributed by atoms with Crippen molar-refractivity contribution in [2.45, 2.75) is 24.4 Å². The van der Waals surface area contributed by atoms with Crippen molar-refractivity contribution in [1.82, 2.24) is 19.7 Å². The molecule has 0 radical (unpaired) electrons. The van der Waals surface area contributed by atoms with Gasteiger partial charge in [0.25, 0.3) is 0 Å². The molecule has 7 heteroatoms. The molecule has 0 aliphatic carbocycles.